The van der Waals surface area contributed by atoms with E-state index >= 15 is 0 Å². The number of benzene rings is 2. The van der Waals surface area contributed by atoms with E-state index in [-0.39, 0.29) is 24.0 Å². The first-order valence-electron chi connectivity index (χ1n) is 9.42. The number of methoxy groups -OCH3 is 1. The Hall–Kier alpha value is -2.86. The first-order chi connectivity index (χ1) is 13.5. The second kappa shape index (κ2) is 8.89. The predicted molar refractivity (Wildman–Crippen MR) is 107 cm³/mol. The quantitative estimate of drug-likeness (QED) is 0.863. The third kappa shape index (κ3) is 4.89. The molecule has 2 amide bonds. The van der Waals surface area contributed by atoms with Crippen molar-refractivity contribution in [2.45, 2.75) is 32.6 Å². The standard InChI is InChI=1S/C22H26N2O4/c1-15-13-24(14-16(2)28-15)22(26)18-9-7-17(8-10-18)12-23-21(25)19-5-4-6-20(11-19)27-3/h4-11,15-16H,12-14H2,1-3H3,(H,23,25). The Morgan fingerprint density at radius 2 is 1.75 bits per heavy atom. The molecule has 2 aromatic carbocycles. The van der Waals surface area contributed by atoms with Crippen LogP contribution in [0, 0.1) is 0 Å². The van der Waals surface area contributed by atoms with E-state index in [4.69, 9.17) is 9.47 Å². The molecule has 148 valence electrons. The van der Waals surface area contributed by atoms with Crippen molar-refractivity contribution in [3.8, 4) is 5.75 Å². The molecule has 0 radical (unpaired) electrons. The van der Waals surface area contributed by atoms with Gasteiger partial charge in [-0.3, -0.25) is 9.59 Å². The third-order valence-corrected chi connectivity index (χ3v) is 4.69. The third-order valence-electron chi connectivity index (χ3n) is 4.69. The summed E-state index contributed by atoms with van der Waals surface area (Å²) in [5, 5.41) is 2.88. The van der Waals surface area contributed by atoms with Gasteiger partial charge in [-0.25, -0.2) is 0 Å². The fourth-order valence-corrected chi connectivity index (χ4v) is 3.34. The largest absolute Gasteiger partial charge is 0.497 e. The molecule has 0 aliphatic carbocycles. The highest BCUT2D eigenvalue weighted by atomic mass is 16.5. The molecule has 3 rings (SSSR count). The molecule has 1 N–H and O–H groups in total. The van der Waals surface area contributed by atoms with Crippen LogP contribution in [-0.2, 0) is 11.3 Å². The molecule has 1 fully saturated rings. The van der Waals surface area contributed by atoms with E-state index < -0.39 is 0 Å². The fraction of sp³-hybridized carbons (Fsp3) is 0.364. The van der Waals surface area contributed by atoms with Gasteiger partial charge in [-0.05, 0) is 49.7 Å². The van der Waals surface area contributed by atoms with Gasteiger partial charge in [0.15, 0.2) is 0 Å². The highest BCUT2D eigenvalue weighted by Crippen LogP contribution is 2.16. The summed E-state index contributed by atoms with van der Waals surface area (Å²) in [5.74, 6) is 0.478. The van der Waals surface area contributed by atoms with Gasteiger partial charge in [0.2, 0.25) is 0 Å². The molecule has 6 nitrogen and oxygen atoms in total. The van der Waals surface area contributed by atoms with Crippen LogP contribution in [0.25, 0.3) is 0 Å². The Balaban J connectivity index is 1.58. The molecule has 6 heteroatoms. The molecule has 1 saturated heterocycles. The van der Waals surface area contributed by atoms with E-state index in [1.807, 2.05) is 30.9 Å². The average molecular weight is 382 g/mol. The molecule has 0 aromatic heterocycles. The van der Waals surface area contributed by atoms with Crippen LogP contribution in [0.1, 0.15) is 40.1 Å². The summed E-state index contributed by atoms with van der Waals surface area (Å²) in [4.78, 5) is 26.8. The van der Waals surface area contributed by atoms with Crippen LogP contribution in [0.2, 0.25) is 0 Å². The lowest BCUT2D eigenvalue weighted by Gasteiger charge is -2.35. The first-order valence-corrected chi connectivity index (χ1v) is 9.42. The van der Waals surface area contributed by atoms with E-state index in [9.17, 15) is 9.59 Å². The second-order valence-corrected chi connectivity index (χ2v) is 7.08. The molecule has 2 aromatic rings. The number of morpholine rings is 1. The van der Waals surface area contributed by atoms with E-state index in [1.54, 1.807) is 43.5 Å². The van der Waals surface area contributed by atoms with Gasteiger partial charge in [0.1, 0.15) is 5.75 Å². The summed E-state index contributed by atoms with van der Waals surface area (Å²) in [6, 6.07) is 14.4. The highest BCUT2D eigenvalue weighted by Gasteiger charge is 2.26. The Bertz CT molecular complexity index is 825. The van der Waals surface area contributed by atoms with Crippen LogP contribution in [0.4, 0.5) is 0 Å². The maximum atomic E-state index is 12.7. The number of ether oxygens (including phenoxy) is 2. The zero-order valence-electron chi connectivity index (χ0n) is 16.5. The fourth-order valence-electron chi connectivity index (χ4n) is 3.34. The van der Waals surface area contributed by atoms with Crippen LogP contribution in [-0.4, -0.2) is 49.1 Å². The molecule has 1 heterocycles. The minimum atomic E-state index is -0.171. The number of nitrogens with one attached hydrogen (secondary N) is 1. The number of hydrogen-bond acceptors (Lipinski definition) is 4. The van der Waals surface area contributed by atoms with Crippen molar-refractivity contribution in [1.82, 2.24) is 10.2 Å². The van der Waals surface area contributed by atoms with Gasteiger partial charge >= 0.3 is 0 Å². The summed E-state index contributed by atoms with van der Waals surface area (Å²) >= 11 is 0. The molecule has 2 atom stereocenters. The summed E-state index contributed by atoms with van der Waals surface area (Å²) < 4.78 is 10.8. The Morgan fingerprint density at radius 1 is 1.07 bits per heavy atom. The average Bonchev–Trinajstić information content (AvgIpc) is 2.71. The smallest absolute Gasteiger partial charge is 0.254 e. The number of amides is 2. The lowest BCUT2D eigenvalue weighted by Crippen LogP contribution is -2.48. The zero-order chi connectivity index (χ0) is 20.1. The van der Waals surface area contributed by atoms with Gasteiger partial charge in [0.05, 0.1) is 19.3 Å². The maximum Gasteiger partial charge on any atom is 0.254 e. The van der Waals surface area contributed by atoms with Crippen molar-refractivity contribution >= 4 is 11.8 Å². The van der Waals surface area contributed by atoms with Crippen LogP contribution in [0.3, 0.4) is 0 Å². The number of rotatable bonds is 5. The highest BCUT2D eigenvalue weighted by molar-refractivity contribution is 5.95. The van der Waals surface area contributed by atoms with Crippen LogP contribution < -0.4 is 10.1 Å². The van der Waals surface area contributed by atoms with Gasteiger partial charge in [-0.15, -0.1) is 0 Å². The molecule has 2 unspecified atom stereocenters. The molecular weight excluding hydrogens is 356 g/mol. The van der Waals surface area contributed by atoms with Gasteiger partial charge in [-0.1, -0.05) is 18.2 Å². The summed E-state index contributed by atoms with van der Waals surface area (Å²) in [6.07, 6.45) is 0.0811. The van der Waals surface area contributed by atoms with Crippen molar-refractivity contribution in [3.05, 3.63) is 65.2 Å². The van der Waals surface area contributed by atoms with Crippen molar-refractivity contribution in [2.24, 2.45) is 0 Å². The first kappa shape index (κ1) is 19.9. The van der Waals surface area contributed by atoms with E-state index in [0.29, 0.717) is 36.5 Å². The van der Waals surface area contributed by atoms with Crippen molar-refractivity contribution in [3.63, 3.8) is 0 Å². The van der Waals surface area contributed by atoms with Crippen molar-refractivity contribution < 1.29 is 19.1 Å². The number of nitrogens with zero attached hydrogens (tertiary/aromatic N) is 1. The van der Waals surface area contributed by atoms with Crippen LogP contribution in [0.15, 0.2) is 48.5 Å². The normalized spacial score (nSPS) is 19.2. The SMILES string of the molecule is COc1cccc(C(=O)NCc2ccc(C(=O)N3CC(C)OC(C)C3)cc2)c1. The Morgan fingerprint density at radius 3 is 2.39 bits per heavy atom. The lowest BCUT2D eigenvalue weighted by molar-refractivity contribution is -0.0586. The molecular formula is C22H26N2O4. The topological polar surface area (TPSA) is 67.9 Å². The zero-order valence-corrected chi connectivity index (χ0v) is 16.5. The molecule has 0 bridgehead atoms. The summed E-state index contributed by atoms with van der Waals surface area (Å²) in [7, 11) is 1.57. The second-order valence-electron chi connectivity index (χ2n) is 7.08. The minimum Gasteiger partial charge on any atom is -0.497 e. The molecule has 1 aliphatic rings. The molecule has 0 saturated carbocycles. The van der Waals surface area contributed by atoms with Gasteiger partial charge in [0.25, 0.3) is 11.8 Å². The van der Waals surface area contributed by atoms with Crippen molar-refractivity contribution in [1.29, 1.82) is 0 Å². The van der Waals surface area contributed by atoms with Crippen LogP contribution >= 0.6 is 0 Å². The predicted octanol–water partition coefficient (Wildman–Crippen LogP) is 2.87. The maximum absolute atomic E-state index is 12.7. The number of carbonyl (C=O) groups excluding carboxylic acids is 2. The van der Waals surface area contributed by atoms with Gasteiger partial charge in [-0.2, -0.15) is 0 Å². The minimum absolute atomic E-state index is 0.00830. The monoisotopic (exact) mass is 382 g/mol. The van der Waals surface area contributed by atoms with Crippen LogP contribution in [0.5, 0.6) is 5.75 Å². The lowest BCUT2D eigenvalue weighted by atomic mass is 10.1. The summed E-state index contributed by atoms with van der Waals surface area (Å²) in [6.45, 7) is 5.53. The van der Waals surface area contributed by atoms with Crippen molar-refractivity contribution in [2.75, 3.05) is 20.2 Å². The number of carbonyl (C=O) groups is 2. The molecule has 0 spiro atoms. The number of hydrogen-bond donors (Lipinski definition) is 1. The summed E-state index contributed by atoms with van der Waals surface area (Å²) in [5.41, 5.74) is 2.11. The molecule has 28 heavy (non-hydrogen) atoms. The van der Waals surface area contributed by atoms with E-state index in [2.05, 4.69) is 5.32 Å². The van der Waals surface area contributed by atoms with Gasteiger partial charge in [0, 0.05) is 30.8 Å². The molecule has 1 aliphatic heterocycles. The van der Waals surface area contributed by atoms with E-state index in [1.165, 1.54) is 0 Å². The Labute approximate surface area is 165 Å². The van der Waals surface area contributed by atoms with E-state index in [0.717, 1.165) is 5.56 Å². The Kier molecular flexibility index (Phi) is 6.31. The van der Waals surface area contributed by atoms with Gasteiger partial charge < -0.3 is 19.7 Å².